The van der Waals surface area contributed by atoms with Crippen LogP contribution in [0.15, 0.2) is 18.2 Å². The Morgan fingerprint density at radius 1 is 1.11 bits per heavy atom. The first-order chi connectivity index (χ1) is 17.2. The van der Waals surface area contributed by atoms with E-state index in [1.165, 1.54) is 6.08 Å². The van der Waals surface area contributed by atoms with E-state index in [4.69, 9.17) is 18.9 Å². The second-order valence-corrected chi connectivity index (χ2v) is 10.5. The van der Waals surface area contributed by atoms with Crippen LogP contribution in [0.2, 0.25) is 0 Å². The first-order valence-corrected chi connectivity index (χ1v) is 12.8. The average Bonchev–Trinajstić information content (AvgIpc) is 2.84. The summed E-state index contributed by atoms with van der Waals surface area (Å²) in [7, 11) is 0. The van der Waals surface area contributed by atoms with Crippen molar-refractivity contribution in [2.45, 2.75) is 51.9 Å². The molecule has 3 heterocycles. The molecule has 36 heavy (non-hydrogen) atoms. The monoisotopic (exact) mass is 502 g/mol. The number of aromatic hydroxyl groups is 1. The molecule has 4 rings (SSSR count). The molecule has 3 aliphatic heterocycles. The number of rotatable bonds is 6. The quantitative estimate of drug-likeness (QED) is 0.469. The molecule has 0 aromatic heterocycles. The highest BCUT2D eigenvalue weighted by Gasteiger charge is 2.50. The van der Waals surface area contributed by atoms with Crippen LogP contribution in [-0.4, -0.2) is 91.1 Å². The molecule has 1 aromatic carbocycles. The van der Waals surface area contributed by atoms with Gasteiger partial charge < -0.3 is 29.0 Å². The number of morpholine rings is 2. The van der Waals surface area contributed by atoms with Gasteiger partial charge >= 0.3 is 5.97 Å². The normalized spacial score (nSPS) is 24.4. The van der Waals surface area contributed by atoms with Crippen LogP contribution >= 0.6 is 0 Å². The maximum Gasteiger partial charge on any atom is 0.306 e. The standard InChI is InChI=1S/C27H38N2O7/c1-18(2)17-22(31)35-26-24(29-11-15-34-16-12-29)23-20(36-27(26,3)4)7-5-19(25(23)32)6-8-21(30)28-9-13-33-14-10-28/h5-8,18,24,26,32H,9-17H2,1-4H3/b8-6+/t24-,26+/m0/s1. The van der Waals surface area contributed by atoms with Gasteiger partial charge in [-0.15, -0.1) is 0 Å². The SMILES string of the molecule is CC(C)CC(=O)O[C@@H]1[C@@H](N2CCOCC2)c2c(ccc(/C=C/C(=O)N3CCOCC3)c2O)OC1(C)C. The van der Waals surface area contributed by atoms with Gasteiger partial charge in [-0.1, -0.05) is 13.8 Å². The number of hydrogen-bond donors (Lipinski definition) is 1. The molecule has 0 bridgehead atoms. The molecular formula is C27H38N2O7. The van der Waals surface area contributed by atoms with Gasteiger partial charge in [0.1, 0.15) is 17.1 Å². The van der Waals surface area contributed by atoms with Crippen LogP contribution in [0.1, 0.15) is 51.3 Å². The summed E-state index contributed by atoms with van der Waals surface area (Å²) in [5.74, 6) is 0.309. The molecular weight excluding hydrogens is 464 g/mol. The minimum absolute atomic E-state index is 0.0235. The van der Waals surface area contributed by atoms with Crippen molar-refractivity contribution in [2.75, 3.05) is 52.6 Å². The van der Waals surface area contributed by atoms with Gasteiger partial charge in [0.05, 0.1) is 38.0 Å². The summed E-state index contributed by atoms with van der Waals surface area (Å²) in [6, 6.07) is 3.14. The summed E-state index contributed by atoms with van der Waals surface area (Å²) >= 11 is 0. The highest BCUT2D eigenvalue weighted by molar-refractivity contribution is 5.92. The van der Waals surface area contributed by atoms with Crippen molar-refractivity contribution in [3.8, 4) is 11.5 Å². The molecule has 9 nitrogen and oxygen atoms in total. The number of carbonyl (C=O) groups is 2. The molecule has 0 spiro atoms. The first kappa shape index (κ1) is 26.4. The van der Waals surface area contributed by atoms with Gasteiger partial charge in [-0.25, -0.2) is 0 Å². The second-order valence-electron chi connectivity index (χ2n) is 10.5. The second kappa shape index (κ2) is 11.2. The van der Waals surface area contributed by atoms with Gasteiger partial charge in [0.2, 0.25) is 5.91 Å². The van der Waals surface area contributed by atoms with Crippen LogP contribution in [0, 0.1) is 5.92 Å². The number of carbonyl (C=O) groups excluding carboxylic acids is 2. The van der Waals surface area contributed by atoms with Crippen LogP contribution in [0.25, 0.3) is 6.08 Å². The molecule has 9 heteroatoms. The predicted molar refractivity (Wildman–Crippen MR) is 134 cm³/mol. The molecule has 198 valence electrons. The summed E-state index contributed by atoms with van der Waals surface area (Å²) in [4.78, 5) is 29.3. The Kier molecular flexibility index (Phi) is 8.22. The fraction of sp³-hybridized carbons (Fsp3) is 0.630. The third-order valence-electron chi connectivity index (χ3n) is 6.85. The average molecular weight is 503 g/mol. The molecule has 2 fully saturated rings. The Balaban J connectivity index is 1.69. The van der Waals surface area contributed by atoms with Crippen LogP contribution in [0.3, 0.4) is 0 Å². The van der Waals surface area contributed by atoms with Crippen LogP contribution in [-0.2, 0) is 23.8 Å². The third-order valence-corrected chi connectivity index (χ3v) is 6.85. The molecule has 0 saturated carbocycles. The van der Waals surface area contributed by atoms with E-state index in [1.807, 2.05) is 33.8 Å². The number of nitrogens with zero attached hydrogens (tertiary/aromatic N) is 2. The minimum Gasteiger partial charge on any atom is -0.507 e. The number of amides is 1. The zero-order valence-corrected chi connectivity index (χ0v) is 21.7. The Hall–Kier alpha value is -2.62. The van der Waals surface area contributed by atoms with Crippen molar-refractivity contribution in [1.29, 1.82) is 0 Å². The highest BCUT2D eigenvalue weighted by atomic mass is 16.6. The number of esters is 1. The number of hydrogen-bond acceptors (Lipinski definition) is 8. The molecule has 1 amide bonds. The molecule has 0 aliphatic carbocycles. The lowest BCUT2D eigenvalue weighted by Crippen LogP contribution is -2.57. The van der Waals surface area contributed by atoms with E-state index in [-0.39, 0.29) is 23.5 Å². The van der Waals surface area contributed by atoms with Crippen LogP contribution in [0.4, 0.5) is 0 Å². The zero-order chi connectivity index (χ0) is 25.9. The highest BCUT2D eigenvalue weighted by Crippen LogP contribution is 2.49. The Labute approximate surface area is 212 Å². The molecule has 2 saturated heterocycles. The maximum absolute atomic E-state index is 12.8. The smallest absolute Gasteiger partial charge is 0.306 e. The zero-order valence-electron chi connectivity index (χ0n) is 21.7. The van der Waals surface area contributed by atoms with E-state index in [2.05, 4.69) is 4.90 Å². The van der Waals surface area contributed by atoms with Crippen molar-refractivity contribution >= 4 is 18.0 Å². The van der Waals surface area contributed by atoms with E-state index in [1.54, 1.807) is 17.0 Å². The summed E-state index contributed by atoms with van der Waals surface area (Å²) in [6.07, 6.45) is 2.76. The lowest BCUT2D eigenvalue weighted by molar-refractivity contribution is -0.175. The lowest BCUT2D eigenvalue weighted by atomic mass is 9.83. The predicted octanol–water partition coefficient (Wildman–Crippen LogP) is 2.77. The maximum atomic E-state index is 12.8. The summed E-state index contributed by atoms with van der Waals surface area (Å²) < 4.78 is 23.3. The van der Waals surface area contributed by atoms with Gasteiger partial charge in [-0.2, -0.15) is 0 Å². The van der Waals surface area contributed by atoms with Crippen molar-refractivity contribution in [2.24, 2.45) is 5.92 Å². The number of benzene rings is 1. The van der Waals surface area contributed by atoms with Crippen molar-refractivity contribution < 1.29 is 33.6 Å². The summed E-state index contributed by atoms with van der Waals surface area (Å²) in [5.41, 5.74) is 0.252. The number of phenolic OH excluding ortho intramolecular Hbond substituents is 1. The Bertz CT molecular complexity index is 979. The van der Waals surface area contributed by atoms with Crippen molar-refractivity contribution in [1.82, 2.24) is 9.80 Å². The van der Waals surface area contributed by atoms with E-state index < -0.39 is 17.7 Å². The summed E-state index contributed by atoms with van der Waals surface area (Å²) in [5, 5.41) is 11.5. The molecule has 1 N–H and O–H groups in total. The molecule has 1 aromatic rings. The third kappa shape index (κ3) is 5.85. The Morgan fingerprint density at radius 2 is 1.75 bits per heavy atom. The molecule has 0 radical (unpaired) electrons. The minimum atomic E-state index is -0.821. The summed E-state index contributed by atoms with van der Waals surface area (Å²) in [6.45, 7) is 12.3. The lowest BCUT2D eigenvalue weighted by Gasteiger charge is -2.48. The molecule has 3 aliphatic rings. The van der Waals surface area contributed by atoms with Gasteiger partial charge in [0.15, 0.2) is 6.10 Å². The van der Waals surface area contributed by atoms with Crippen molar-refractivity contribution in [3.05, 3.63) is 29.3 Å². The largest absolute Gasteiger partial charge is 0.507 e. The van der Waals surface area contributed by atoms with Gasteiger partial charge in [-0.3, -0.25) is 14.5 Å². The fourth-order valence-corrected chi connectivity index (χ4v) is 5.00. The number of fused-ring (bicyclic) bond motifs is 1. The number of phenols is 1. The fourth-order valence-electron chi connectivity index (χ4n) is 5.00. The van der Waals surface area contributed by atoms with Gasteiger partial charge in [0.25, 0.3) is 0 Å². The molecule has 0 unspecified atom stereocenters. The van der Waals surface area contributed by atoms with Crippen molar-refractivity contribution in [3.63, 3.8) is 0 Å². The van der Waals surface area contributed by atoms with E-state index in [0.29, 0.717) is 75.9 Å². The Morgan fingerprint density at radius 3 is 2.39 bits per heavy atom. The van der Waals surface area contributed by atoms with E-state index in [9.17, 15) is 14.7 Å². The van der Waals surface area contributed by atoms with Crippen LogP contribution < -0.4 is 4.74 Å². The number of ether oxygens (including phenoxy) is 4. The van der Waals surface area contributed by atoms with Gasteiger partial charge in [-0.05, 0) is 38.0 Å². The topological polar surface area (TPSA) is 97.8 Å². The van der Waals surface area contributed by atoms with Crippen LogP contribution in [0.5, 0.6) is 11.5 Å². The van der Waals surface area contributed by atoms with Gasteiger partial charge in [0, 0.05) is 44.2 Å². The van der Waals surface area contributed by atoms with E-state index in [0.717, 1.165) is 0 Å². The molecule has 2 atom stereocenters. The first-order valence-electron chi connectivity index (χ1n) is 12.8. The van der Waals surface area contributed by atoms with E-state index >= 15 is 0 Å².